The maximum Gasteiger partial charge on any atom is 0.101 e. The van der Waals surface area contributed by atoms with E-state index in [1.165, 1.54) is 16.2 Å². The summed E-state index contributed by atoms with van der Waals surface area (Å²) in [5, 5.41) is 8.33. The zero-order valence-corrected chi connectivity index (χ0v) is 9.17. The first-order valence-electron chi connectivity index (χ1n) is 5.68. The van der Waals surface area contributed by atoms with Crippen molar-refractivity contribution in [1.29, 1.82) is 0 Å². The van der Waals surface area contributed by atoms with E-state index in [0.717, 1.165) is 11.0 Å². The van der Waals surface area contributed by atoms with E-state index in [-0.39, 0.29) is 0 Å². The predicted octanol–water partition coefficient (Wildman–Crippen LogP) is 3.64. The van der Waals surface area contributed by atoms with Crippen LogP contribution in [0.25, 0.3) is 27.2 Å². The molecule has 0 aliphatic carbocycles. The Kier molecular flexibility index (Phi) is 1.59. The molecule has 2 heteroatoms. The third-order valence-electron chi connectivity index (χ3n) is 3.22. The summed E-state index contributed by atoms with van der Waals surface area (Å²) in [5.41, 5.74) is 2.24. The van der Waals surface area contributed by atoms with Gasteiger partial charge in [0.25, 0.3) is 0 Å². The summed E-state index contributed by atoms with van der Waals surface area (Å²) < 4.78 is 1.94. The maximum atomic E-state index is 4.66. The van der Waals surface area contributed by atoms with Gasteiger partial charge in [0, 0.05) is 17.0 Å². The van der Waals surface area contributed by atoms with Crippen LogP contribution in [-0.4, -0.2) is 9.61 Å². The lowest BCUT2D eigenvalue weighted by atomic mass is 10.1. The first kappa shape index (κ1) is 8.76. The van der Waals surface area contributed by atoms with Crippen LogP contribution in [-0.2, 0) is 0 Å². The maximum absolute atomic E-state index is 4.66. The Hall–Kier alpha value is -2.35. The summed E-state index contributed by atoms with van der Waals surface area (Å²) in [5.74, 6) is 0. The summed E-state index contributed by atoms with van der Waals surface area (Å²) >= 11 is 0. The predicted molar refractivity (Wildman–Crippen MR) is 70.2 cm³/mol. The van der Waals surface area contributed by atoms with E-state index in [1.54, 1.807) is 0 Å². The molecule has 0 radical (unpaired) electrons. The van der Waals surface area contributed by atoms with Gasteiger partial charge in [-0.3, -0.25) is 0 Å². The van der Waals surface area contributed by atoms with Gasteiger partial charge in [-0.1, -0.05) is 36.4 Å². The van der Waals surface area contributed by atoms with Crippen LogP contribution in [0.5, 0.6) is 0 Å². The molecule has 0 spiro atoms. The van der Waals surface area contributed by atoms with Gasteiger partial charge < -0.3 is 0 Å². The van der Waals surface area contributed by atoms with Gasteiger partial charge in [-0.2, -0.15) is 5.10 Å². The molecule has 4 rings (SSSR count). The highest BCUT2D eigenvalue weighted by molar-refractivity contribution is 6.10. The van der Waals surface area contributed by atoms with Crippen molar-refractivity contribution in [2.24, 2.45) is 0 Å². The lowest BCUT2D eigenvalue weighted by Gasteiger charge is -1.96. The SMILES string of the molecule is c1ccc2c(c1)ccc1c2nn2ccccc12. The summed E-state index contributed by atoms with van der Waals surface area (Å²) in [6.07, 6.45) is 1.99. The minimum atomic E-state index is 1.08. The van der Waals surface area contributed by atoms with E-state index < -0.39 is 0 Å². The van der Waals surface area contributed by atoms with Crippen LogP contribution in [0.4, 0.5) is 0 Å². The molecule has 0 unspecified atom stereocenters. The Bertz CT molecular complexity index is 843. The van der Waals surface area contributed by atoms with Crippen LogP contribution in [0.1, 0.15) is 0 Å². The summed E-state index contributed by atoms with van der Waals surface area (Å²) in [7, 11) is 0. The largest absolute Gasteiger partial charge is 0.240 e. The van der Waals surface area contributed by atoms with Crippen molar-refractivity contribution < 1.29 is 0 Å². The van der Waals surface area contributed by atoms with Crippen molar-refractivity contribution in [1.82, 2.24) is 9.61 Å². The van der Waals surface area contributed by atoms with E-state index >= 15 is 0 Å². The standard InChI is InChI=1S/C15H10N2/c1-2-6-12-11(5-1)8-9-13-14-7-3-4-10-17(14)16-15(12)13/h1-10H. The average molecular weight is 218 g/mol. The van der Waals surface area contributed by atoms with Crippen molar-refractivity contribution in [2.75, 3.05) is 0 Å². The molecule has 0 atom stereocenters. The van der Waals surface area contributed by atoms with Gasteiger partial charge in [0.1, 0.15) is 5.52 Å². The van der Waals surface area contributed by atoms with Crippen molar-refractivity contribution >= 4 is 27.2 Å². The van der Waals surface area contributed by atoms with Crippen molar-refractivity contribution in [3.05, 3.63) is 60.8 Å². The fourth-order valence-electron chi connectivity index (χ4n) is 2.41. The zero-order valence-electron chi connectivity index (χ0n) is 9.17. The molecule has 2 aromatic heterocycles. The molecule has 0 bridgehead atoms. The molecular weight excluding hydrogens is 208 g/mol. The van der Waals surface area contributed by atoms with Crippen molar-refractivity contribution in [3.63, 3.8) is 0 Å². The van der Waals surface area contributed by atoms with Crippen molar-refractivity contribution in [3.8, 4) is 0 Å². The Morgan fingerprint density at radius 3 is 2.65 bits per heavy atom. The smallest absolute Gasteiger partial charge is 0.101 e. The molecule has 2 nitrogen and oxygen atoms in total. The molecule has 2 aromatic carbocycles. The second kappa shape index (κ2) is 3.08. The summed E-state index contributed by atoms with van der Waals surface area (Å²) in [6.45, 7) is 0. The monoisotopic (exact) mass is 218 g/mol. The molecule has 0 saturated heterocycles. The summed E-state index contributed by atoms with van der Waals surface area (Å²) in [6, 6.07) is 18.8. The normalized spacial score (nSPS) is 11.5. The fourth-order valence-corrected chi connectivity index (χ4v) is 2.41. The lowest BCUT2D eigenvalue weighted by Crippen LogP contribution is -1.82. The van der Waals surface area contributed by atoms with Gasteiger partial charge in [0.05, 0.1) is 5.52 Å². The number of nitrogens with zero attached hydrogens (tertiary/aromatic N) is 2. The van der Waals surface area contributed by atoms with Gasteiger partial charge in [0.2, 0.25) is 0 Å². The van der Waals surface area contributed by atoms with E-state index in [0.29, 0.717) is 0 Å². The van der Waals surface area contributed by atoms with Crippen molar-refractivity contribution in [2.45, 2.75) is 0 Å². The minimum Gasteiger partial charge on any atom is -0.240 e. The highest BCUT2D eigenvalue weighted by Crippen LogP contribution is 2.27. The second-order valence-electron chi connectivity index (χ2n) is 4.21. The van der Waals surface area contributed by atoms with Crippen LogP contribution in [0.3, 0.4) is 0 Å². The lowest BCUT2D eigenvalue weighted by molar-refractivity contribution is 0.984. The number of hydrogen-bond acceptors (Lipinski definition) is 1. The third kappa shape index (κ3) is 1.12. The first-order chi connectivity index (χ1) is 8.43. The van der Waals surface area contributed by atoms with Crippen LogP contribution in [0.2, 0.25) is 0 Å². The molecule has 2 heterocycles. The van der Waals surface area contributed by atoms with E-state index in [1.807, 2.05) is 22.8 Å². The molecule has 80 valence electrons. The molecular formula is C15H10N2. The van der Waals surface area contributed by atoms with E-state index in [4.69, 9.17) is 0 Å². The molecule has 0 saturated carbocycles. The molecule has 0 N–H and O–H groups in total. The highest BCUT2D eigenvalue weighted by Gasteiger charge is 2.06. The minimum absolute atomic E-state index is 1.08. The Balaban J connectivity index is 2.34. The van der Waals surface area contributed by atoms with Gasteiger partial charge in [-0.15, -0.1) is 0 Å². The van der Waals surface area contributed by atoms with Crippen LogP contribution in [0.15, 0.2) is 60.8 Å². The second-order valence-corrected chi connectivity index (χ2v) is 4.21. The number of fused-ring (bicyclic) bond motifs is 5. The van der Waals surface area contributed by atoms with E-state index in [2.05, 4.69) is 47.6 Å². The fraction of sp³-hybridized carbons (Fsp3) is 0. The van der Waals surface area contributed by atoms with Crippen LogP contribution in [0, 0.1) is 0 Å². The van der Waals surface area contributed by atoms with E-state index in [9.17, 15) is 0 Å². The Morgan fingerprint density at radius 2 is 1.65 bits per heavy atom. The zero-order chi connectivity index (χ0) is 11.2. The molecule has 17 heavy (non-hydrogen) atoms. The van der Waals surface area contributed by atoms with Gasteiger partial charge in [0.15, 0.2) is 0 Å². The molecule has 0 amide bonds. The molecule has 0 fully saturated rings. The number of hydrogen-bond donors (Lipinski definition) is 0. The Labute approximate surface area is 98.1 Å². The first-order valence-corrected chi connectivity index (χ1v) is 5.68. The Morgan fingerprint density at radius 1 is 0.765 bits per heavy atom. The number of benzene rings is 2. The van der Waals surface area contributed by atoms with Gasteiger partial charge in [-0.25, -0.2) is 4.52 Å². The molecule has 4 aromatic rings. The number of rotatable bonds is 0. The van der Waals surface area contributed by atoms with Crippen LogP contribution < -0.4 is 0 Å². The highest BCUT2D eigenvalue weighted by atomic mass is 15.2. The van der Waals surface area contributed by atoms with Gasteiger partial charge >= 0.3 is 0 Å². The molecule has 0 aliphatic heterocycles. The quantitative estimate of drug-likeness (QED) is 0.440. The van der Waals surface area contributed by atoms with Gasteiger partial charge in [-0.05, 0) is 23.6 Å². The average Bonchev–Trinajstić information content (AvgIpc) is 2.78. The third-order valence-corrected chi connectivity index (χ3v) is 3.22. The molecule has 0 aliphatic rings. The van der Waals surface area contributed by atoms with Crippen LogP contribution >= 0.6 is 0 Å². The summed E-state index contributed by atoms with van der Waals surface area (Å²) in [4.78, 5) is 0. The number of aromatic nitrogens is 2. The topological polar surface area (TPSA) is 17.3 Å². The number of pyridine rings is 1.